The second-order valence-corrected chi connectivity index (χ2v) is 7.04. The third-order valence-corrected chi connectivity index (χ3v) is 4.75. The van der Waals surface area contributed by atoms with Crippen molar-refractivity contribution in [2.24, 2.45) is 16.8 Å². The summed E-state index contributed by atoms with van der Waals surface area (Å²) in [7, 11) is 1.40. The smallest absolute Gasteiger partial charge is 0.322 e. The predicted molar refractivity (Wildman–Crippen MR) is 105 cm³/mol. The number of carbonyl (C=O) groups is 2. The van der Waals surface area contributed by atoms with Crippen LogP contribution in [0.15, 0.2) is 21.6 Å². The Balaban J connectivity index is 3.34. The molecule has 0 aromatic heterocycles. The number of ketones is 1. The second kappa shape index (κ2) is 11.2. The molecule has 150 valence electrons. The number of esters is 1. The van der Waals surface area contributed by atoms with Crippen LogP contribution < -0.4 is 4.74 Å². The average Bonchev–Trinajstić information content (AvgIpc) is 2.64. The minimum absolute atomic E-state index is 0.0386. The van der Waals surface area contributed by atoms with Crippen molar-refractivity contribution >= 4 is 33.9 Å². The van der Waals surface area contributed by atoms with Crippen molar-refractivity contribution in [1.82, 2.24) is 0 Å². The molecule has 1 unspecified atom stereocenters. The van der Waals surface area contributed by atoms with Crippen molar-refractivity contribution in [3.63, 3.8) is 0 Å². The van der Waals surface area contributed by atoms with E-state index in [1.54, 1.807) is 6.92 Å². The number of rotatable bonds is 10. The lowest BCUT2D eigenvalue weighted by Crippen LogP contribution is -2.29. The average molecular weight is 444 g/mol. The van der Waals surface area contributed by atoms with Crippen molar-refractivity contribution in [1.29, 1.82) is 0 Å². The topological polar surface area (TPSA) is 105 Å². The van der Waals surface area contributed by atoms with Crippen LogP contribution in [0.2, 0.25) is 0 Å². The minimum Gasteiger partial charge on any atom is -0.496 e. The molecule has 0 fully saturated rings. The number of benzene rings is 1. The molecule has 0 aliphatic rings. The summed E-state index contributed by atoms with van der Waals surface area (Å²) < 4.78 is 10.8. The monoisotopic (exact) mass is 443 g/mol. The van der Waals surface area contributed by atoms with Gasteiger partial charge in [0.05, 0.1) is 38.5 Å². The number of nitrogens with zero attached hydrogens (tertiary/aromatic N) is 1. The van der Waals surface area contributed by atoms with E-state index in [-0.39, 0.29) is 37.1 Å². The van der Waals surface area contributed by atoms with E-state index < -0.39 is 23.7 Å². The third kappa shape index (κ3) is 6.12. The van der Waals surface area contributed by atoms with Crippen molar-refractivity contribution in [3.8, 4) is 5.75 Å². The maximum atomic E-state index is 13.0. The molecular formula is C19H26BrNO6. The molecule has 8 heteroatoms. The zero-order valence-corrected chi connectivity index (χ0v) is 17.5. The second-order valence-electron chi connectivity index (χ2n) is 6.19. The Morgan fingerprint density at radius 2 is 1.96 bits per heavy atom. The molecular weight excluding hydrogens is 418 g/mol. The van der Waals surface area contributed by atoms with E-state index in [2.05, 4.69) is 20.9 Å². The molecule has 0 aliphatic heterocycles. The number of aliphatic hydroxyl groups is 2. The van der Waals surface area contributed by atoms with Crippen LogP contribution >= 0.6 is 15.9 Å². The molecule has 1 aromatic rings. The molecule has 7 nitrogen and oxygen atoms in total. The quantitative estimate of drug-likeness (QED) is 0.249. The van der Waals surface area contributed by atoms with Crippen LogP contribution in [0.1, 0.15) is 36.7 Å². The Hall–Kier alpha value is -1.77. The molecule has 0 bridgehead atoms. The molecule has 0 amide bonds. The maximum absolute atomic E-state index is 13.0. The fourth-order valence-corrected chi connectivity index (χ4v) is 2.81. The number of halogens is 1. The number of aliphatic imine (C=N–C) groups is 1. The number of aliphatic hydroxyl groups excluding tert-OH is 2. The van der Waals surface area contributed by atoms with Gasteiger partial charge in [-0.1, -0.05) is 29.8 Å². The predicted octanol–water partition coefficient (Wildman–Crippen LogP) is 2.40. The van der Waals surface area contributed by atoms with Crippen LogP contribution in [0.4, 0.5) is 0 Å². The molecule has 0 spiro atoms. The van der Waals surface area contributed by atoms with Gasteiger partial charge in [-0.3, -0.25) is 14.6 Å². The Labute approximate surface area is 167 Å². The molecule has 0 radical (unpaired) electrons. The number of methoxy groups -OCH3 is 1. The molecule has 27 heavy (non-hydrogen) atoms. The van der Waals surface area contributed by atoms with Crippen LogP contribution in [0.25, 0.3) is 0 Å². The summed E-state index contributed by atoms with van der Waals surface area (Å²) in [5, 5.41) is 18.8. The summed E-state index contributed by atoms with van der Waals surface area (Å²) in [4.78, 5) is 29.6. The van der Waals surface area contributed by atoms with E-state index in [4.69, 9.17) is 9.47 Å². The summed E-state index contributed by atoms with van der Waals surface area (Å²) in [5.74, 6) is -2.26. The minimum atomic E-state index is -1.27. The van der Waals surface area contributed by atoms with Gasteiger partial charge < -0.3 is 19.7 Å². The van der Waals surface area contributed by atoms with Gasteiger partial charge in [0.2, 0.25) is 0 Å². The molecule has 2 N–H and O–H groups in total. The van der Waals surface area contributed by atoms with Crippen molar-refractivity contribution in [2.75, 3.05) is 20.3 Å². The first-order chi connectivity index (χ1) is 12.8. The summed E-state index contributed by atoms with van der Waals surface area (Å²) >= 11 is 3.30. The first-order valence-electron chi connectivity index (χ1n) is 8.62. The summed E-state index contributed by atoms with van der Waals surface area (Å²) in [6, 6.07) is 2.60. The van der Waals surface area contributed by atoms with Gasteiger partial charge in [0.25, 0.3) is 0 Å². The van der Waals surface area contributed by atoms with E-state index in [0.29, 0.717) is 10.0 Å². The van der Waals surface area contributed by atoms with Crippen LogP contribution in [-0.4, -0.2) is 54.5 Å². The normalized spacial score (nSPS) is 13.6. The van der Waals surface area contributed by atoms with Crippen LogP contribution in [0.5, 0.6) is 5.75 Å². The van der Waals surface area contributed by atoms with E-state index in [1.807, 2.05) is 13.8 Å². The maximum Gasteiger partial charge on any atom is 0.322 e. The van der Waals surface area contributed by atoms with E-state index >= 15 is 0 Å². The van der Waals surface area contributed by atoms with Crippen LogP contribution in [-0.2, 0) is 16.1 Å². The van der Waals surface area contributed by atoms with Gasteiger partial charge in [0.1, 0.15) is 5.75 Å². The molecule has 0 heterocycles. The molecule has 1 aromatic carbocycles. The summed E-state index contributed by atoms with van der Waals surface area (Å²) in [6.07, 6.45) is 1.23. The SMILES string of the molecule is CCOC(=O)C(C=N[C@H](CO)C(C)C)C(=O)c1cc(Br)c(CO)cc1OC. The lowest BCUT2D eigenvalue weighted by molar-refractivity contribution is -0.144. The van der Waals surface area contributed by atoms with Gasteiger partial charge >= 0.3 is 5.97 Å². The summed E-state index contributed by atoms with van der Waals surface area (Å²) in [6.45, 7) is 5.10. The molecule has 2 atom stereocenters. The fourth-order valence-electron chi connectivity index (χ4n) is 2.34. The van der Waals surface area contributed by atoms with Crippen LogP contribution in [0.3, 0.4) is 0 Å². The van der Waals surface area contributed by atoms with Crippen molar-refractivity contribution in [2.45, 2.75) is 33.4 Å². The van der Waals surface area contributed by atoms with Gasteiger partial charge in [-0.05, 0) is 30.5 Å². The highest BCUT2D eigenvalue weighted by Gasteiger charge is 2.30. The zero-order chi connectivity index (χ0) is 20.6. The van der Waals surface area contributed by atoms with E-state index in [9.17, 15) is 19.8 Å². The highest BCUT2D eigenvalue weighted by molar-refractivity contribution is 9.10. The summed E-state index contributed by atoms with van der Waals surface area (Å²) in [5.41, 5.74) is 0.709. The first-order valence-corrected chi connectivity index (χ1v) is 9.42. The number of hydrogen-bond acceptors (Lipinski definition) is 7. The molecule has 0 aliphatic carbocycles. The Kier molecular flexibility index (Phi) is 9.62. The fraction of sp³-hybridized carbons (Fsp3) is 0.526. The lowest BCUT2D eigenvalue weighted by Gasteiger charge is -2.17. The number of carbonyl (C=O) groups excluding carboxylic acids is 2. The Morgan fingerprint density at radius 1 is 1.30 bits per heavy atom. The van der Waals surface area contributed by atoms with Gasteiger partial charge in [-0.25, -0.2) is 0 Å². The first kappa shape index (κ1) is 23.3. The van der Waals surface area contributed by atoms with Crippen LogP contribution in [0, 0.1) is 11.8 Å². The largest absolute Gasteiger partial charge is 0.496 e. The van der Waals surface area contributed by atoms with Gasteiger partial charge in [0, 0.05) is 10.7 Å². The third-order valence-electron chi connectivity index (χ3n) is 4.01. The van der Waals surface area contributed by atoms with Crippen molar-refractivity contribution < 1.29 is 29.3 Å². The molecule has 1 rings (SSSR count). The number of ether oxygens (including phenoxy) is 2. The lowest BCUT2D eigenvalue weighted by atomic mass is 9.96. The highest BCUT2D eigenvalue weighted by Crippen LogP contribution is 2.29. The van der Waals surface area contributed by atoms with Crippen molar-refractivity contribution in [3.05, 3.63) is 27.7 Å². The zero-order valence-electron chi connectivity index (χ0n) is 15.9. The number of hydrogen-bond donors (Lipinski definition) is 2. The Morgan fingerprint density at radius 3 is 2.44 bits per heavy atom. The molecule has 0 saturated carbocycles. The van der Waals surface area contributed by atoms with Gasteiger partial charge in [-0.15, -0.1) is 0 Å². The van der Waals surface area contributed by atoms with E-state index in [1.165, 1.54) is 25.5 Å². The van der Waals surface area contributed by atoms with Gasteiger partial charge in [0.15, 0.2) is 11.7 Å². The molecule has 0 saturated heterocycles. The highest BCUT2D eigenvalue weighted by atomic mass is 79.9. The Bertz CT molecular complexity index is 689. The standard InChI is InChI=1S/C19H26BrNO6/c1-5-27-19(25)14(8-21-16(10-23)11(2)3)18(24)13-7-15(20)12(9-22)6-17(13)26-4/h6-8,11,14,16,22-23H,5,9-10H2,1-4H3/t14?,16-/m1/s1. The number of Topliss-reactive ketones (excluding diaryl/α,β-unsaturated/α-hetero) is 1. The van der Waals surface area contributed by atoms with Gasteiger partial charge in [-0.2, -0.15) is 0 Å². The van der Waals surface area contributed by atoms with E-state index in [0.717, 1.165) is 0 Å².